The van der Waals surface area contributed by atoms with Crippen LogP contribution in [0.4, 0.5) is 16.3 Å². The number of methoxy groups -OCH3 is 1. The number of carbonyl (C=O) groups is 2. The van der Waals surface area contributed by atoms with E-state index in [0.717, 1.165) is 5.56 Å². The minimum atomic E-state index is -0.377. The lowest BCUT2D eigenvalue weighted by Gasteiger charge is -2.29. The molecule has 0 radical (unpaired) electrons. The van der Waals surface area contributed by atoms with Crippen LogP contribution in [-0.2, 0) is 4.79 Å². The van der Waals surface area contributed by atoms with Gasteiger partial charge in [-0.05, 0) is 24.1 Å². The van der Waals surface area contributed by atoms with Gasteiger partial charge in [0.15, 0.2) is 5.82 Å². The van der Waals surface area contributed by atoms with Gasteiger partial charge in [-0.3, -0.25) is 9.69 Å². The fraction of sp³-hybridized carbons (Fsp3) is 0.294. The van der Waals surface area contributed by atoms with E-state index in [4.69, 9.17) is 4.74 Å². The van der Waals surface area contributed by atoms with Crippen LogP contribution in [0.5, 0.6) is 5.88 Å². The lowest BCUT2D eigenvalue weighted by atomic mass is 10.1. The molecule has 0 aromatic carbocycles. The third kappa shape index (κ3) is 3.52. The number of hydrogen-bond donors (Lipinski definition) is 2. The molecule has 25 heavy (non-hydrogen) atoms. The molecule has 0 spiro atoms. The Balaban J connectivity index is 1.79. The molecule has 3 amide bonds. The number of anilines is 2. The molecular weight excluding hydrogens is 322 g/mol. The molecule has 3 heterocycles. The van der Waals surface area contributed by atoms with Crippen LogP contribution in [0.3, 0.4) is 0 Å². The Morgan fingerprint density at radius 1 is 1.40 bits per heavy atom. The lowest BCUT2D eigenvalue weighted by molar-refractivity contribution is -0.115. The van der Waals surface area contributed by atoms with Gasteiger partial charge in [-0.1, -0.05) is 13.0 Å². The minimum absolute atomic E-state index is 0.0762. The maximum atomic E-state index is 12.7. The molecule has 0 saturated carbocycles. The van der Waals surface area contributed by atoms with Crippen molar-refractivity contribution in [3.05, 3.63) is 42.2 Å². The molecule has 130 valence electrons. The van der Waals surface area contributed by atoms with E-state index in [0.29, 0.717) is 23.8 Å². The van der Waals surface area contributed by atoms with Gasteiger partial charge in [0, 0.05) is 18.5 Å². The van der Waals surface area contributed by atoms with E-state index in [9.17, 15) is 9.59 Å². The number of aromatic nitrogens is 2. The summed E-state index contributed by atoms with van der Waals surface area (Å²) in [5.41, 5.74) is 1.38. The van der Waals surface area contributed by atoms with Crippen molar-refractivity contribution in [2.75, 3.05) is 23.9 Å². The predicted octanol–water partition coefficient (Wildman–Crippen LogP) is 2.10. The number of fused-ring (bicyclic) bond motifs is 1. The molecule has 1 atom stereocenters. The van der Waals surface area contributed by atoms with Crippen molar-refractivity contribution in [1.29, 1.82) is 0 Å². The summed E-state index contributed by atoms with van der Waals surface area (Å²) in [6, 6.07) is 6.41. The van der Waals surface area contributed by atoms with Crippen LogP contribution < -0.4 is 20.3 Å². The number of pyridine rings is 2. The predicted molar refractivity (Wildman–Crippen MR) is 92.6 cm³/mol. The van der Waals surface area contributed by atoms with E-state index in [2.05, 4.69) is 20.6 Å². The van der Waals surface area contributed by atoms with Gasteiger partial charge in [0.1, 0.15) is 6.54 Å². The van der Waals surface area contributed by atoms with Gasteiger partial charge in [-0.15, -0.1) is 0 Å². The minimum Gasteiger partial charge on any atom is -0.481 e. The maximum Gasteiger partial charge on any atom is 0.324 e. The highest BCUT2D eigenvalue weighted by Gasteiger charge is 2.29. The molecule has 0 aliphatic carbocycles. The highest BCUT2D eigenvalue weighted by Crippen LogP contribution is 2.27. The lowest BCUT2D eigenvalue weighted by Crippen LogP contribution is -2.48. The second-order valence-corrected chi connectivity index (χ2v) is 5.55. The number of rotatable bonds is 4. The molecule has 2 aromatic heterocycles. The van der Waals surface area contributed by atoms with Gasteiger partial charge in [0.05, 0.1) is 18.8 Å². The second kappa shape index (κ2) is 7.16. The monoisotopic (exact) mass is 341 g/mol. The molecular formula is C17H19N5O3. The molecule has 2 aromatic rings. The van der Waals surface area contributed by atoms with Gasteiger partial charge in [-0.25, -0.2) is 14.8 Å². The number of hydrogen-bond acceptors (Lipinski definition) is 5. The number of urea groups is 1. The Labute approximate surface area is 145 Å². The number of nitrogens with one attached hydrogen (secondary N) is 2. The summed E-state index contributed by atoms with van der Waals surface area (Å²) in [6.07, 6.45) is 3.93. The quantitative estimate of drug-likeness (QED) is 0.888. The SMILES string of the molecule is CCC(NC(=O)N1CC(=O)Nc2cccnc21)c1ccc(OC)nc1. The van der Waals surface area contributed by atoms with E-state index in [-0.39, 0.29) is 24.5 Å². The molecule has 1 unspecified atom stereocenters. The fourth-order valence-electron chi connectivity index (χ4n) is 2.65. The average molecular weight is 341 g/mol. The Bertz CT molecular complexity index is 778. The van der Waals surface area contributed by atoms with Gasteiger partial charge in [0.25, 0.3) is 0 Å². The molecule has 1 aliphatic heterocycles. The largest absolute Gasteiger partial charge is 0.481 e. The van der Waals surface area contributed by atoms with E-state index in [1.807, 2.05) is 13.0 Å². The molecule has 1 aliphatic rings. The normalized spacial score (nSPS) is 14.3. The molecule has 0 saturated heterocycles. The first-order chi connectivity index (χ1) is 12.1. The van der Waals surface area contributed by atoms with E-state index < -0.39 is 0 Å². The zero-order valence-corrected chi connectivity index (χ0v) is 14.0. The third-order valence-corrected chi connectivity index (χ3v) is 3.94. The fourth-order valence-corrected chi connectivity index (χ4v) is 2.65. The van der Waals surface area contributed by atoms with Crippen molar-refractivity contribution in [2.45, 2.75) is 19.4 Å². The highest BCUT2D eigenvalue weighted by molar-refractivity contribution is 6.08. The zero-order valence-electron chi connectivity index (χ0n) is 14.0. The third-order valence-electron chi connectivity index (χ3n) is 3.94. The summed E-state index contributed by atoms with van der Waals surface area (Å²) in [5, 5.41) is 5.65. The van der Waals surface area contributed by atoms with Gasteiger partial charge in [0.2, 0.25) is 11.8 Å². The highest BCUT2D eigenvalue weighted by atomic mass is 16.5. The van der Waals surface area contributed by atoms with Crippen molar-refractivity contribution in [2.24, 2.45) is 0 Å². The van der Waals surface area contributed by atoms with Crippen LogP contribution in [-0.4, -0.2) is 35.6 Å². The molecule has 8 heteroatoms. The van der Waals surface area contributed by atoms with Crippen molar-refractivity contribution < 1.29 is 14.3 Å². The Kier molecular flexibility index (Phi) is 4.78. The Morgan fingerprint density at radius 2 is 2.24 bits per heavy atom. The zero-order chi connectivity index (χ0) is 17.8. The molecule has 0 bridgehead atoms. The van der Waals surface area contributed by atoms with Crippen LogP contribution in [0, 0.1) is 0 Å². The molecule has 3 rings (SSSR count). The van der Waals surface area contributed by atoms with Crippen molar-refractivity contribution in [1.82, 2.24) is 15.3 Å². The standard InChI is InChI=1S/C17H19N5O3/c1-3-12(11-6-7-15(25-2)19-9-11)21-17(24)22-10-14(23)20-13-5-4-8-18-16(13)22/h4-9,12H,3,10H2,1-2H3,(H,20,23)(H,21,24). The van der Waals surface area contributed by atoms with Crippen molar-refractivity contribution >= 4 is 23.4 Å². The van der Waals surface area contributed by atoms with Crippen LogP contribution in [0.2, 0.25) is 0 Å². The van der Waals surface area contributed by atoms with Crippen LogP contribution >= 0.6 is 0 Å². The van der Waals surface area contributed by atoms with Gasteiger partial charge >= 0.3 is 6.03 Å². The Morgan fingerprint density at radius 3 is 2.92 bits per heavy atom. The van der Waals surface area contributed by atoms with Gasteiger partial charge in [-0.2, -0.15) is 0 Å². The first-order valence-corrected chi connectivity index (χ1v) is 7.95. The van der Waals surface area contributed by atoms with Crippen LogP contribution in [0.25, 0.3) is 0 Å². The summed E-state index contributed by atoms with van der Waals surface area (Å²) in [7, 11) is 1.55. The summed E-state index contributed by atoms with van der Waals surface area (Å²) >= 11 is 0. The maximum absolute atomic E-state index is 12.7. The summed E-state index contributed by atoms with van der Waals surface area (Å²) < 4.78 is 5.05. The Hall–Kier alpha value is -3.16. The number of nitrogens with zero attached hydrogens (tertiary/aromatic N) is 3. The average Bonchev–Trinajstić information content (AvgIpc) is 2.65. The van der Waals surface area contributed by atoms with E-state index in [1.54, 1.807) is 37.7 Å². The summed E-state index contributed by atoms with van der Waals surface area (Å²) in [4.78, 5) is 34.3. The van der Waals surface area contributed by atoms with E-state index >= 15 is 0 Å². The van der Waals surface area contributed by atoms with Crippen LogP contribution in [0.15, 0.2) is 36.7 Å². The van der Waals surface area contributed by atoms with Crippen molar-refractivity contribution in [3.63, 3.8) is 0 Å². The van der Waals surface area contributed by atoms with Gasteiger partial charge < -0.3 is 15.4 Å². The molecule has 2 N–H and O–H groups in total. The summed E-state index contributed by atoms with van der Waals surface area (Å²) in [6.45, 7) is 1.89. The van der Waals surface area contributed by atoms with E-state index in [1.165, 1.54) is 4.90 Å². The first-order valence-electron chi connectivity index (χ1n) is 7.95. The smallest absolute Gasteiger partial charge is 0.324 e. The van der Waals surface area contributed by atoms with Crippen LogP contribution in [0.1, 0.15) is 24.9 Å². The molecule has 0 fully saturated rings. The number of amides is 3. The number of ether oxygens (including phenoxy) is 1. The topological polar surface area (TPSA) is 96.5 Å². The number of carbonyl (C=O) groups excluding carboxylic acids is 2. The second-order valence-electron chi connectivity index (χ2n) is 5.55. The summed E-state index contributed by atoms with van der Waals surface area (Å²) in [5.74, 6) is 0.688. The molecule has 8 nitrogen and oxygen atoms in total. The van der Waals surface area contributed by atoms with Crippen molar-refractivity contribution in [3.8, 4) is 5.88 Å². The first kappa shape index (κ1) is 16.7.